The zero-order valence-electron chi connectivity index (χ0n) is 9.25. The lowest BCUT2D eigenvalue weighted by molar-refractivity contribution is -0.147. The molecular formula is C10H20N2O2. The van der Waals surface area contributed by atoms with E-state index in [1.807, 2.05) is 7.05 Å². The summed E-state index contributed by atoms with van der Waals surface area (Å²) in [6.07, 6.45) is 2.23. The van der Waals surface area contributed by atoms with Gasteiger partial charge in [0.15, 0.2) is 0 Å². The zero-order chi connectivity index (χ0) is 10.6. The fourth-order valence-electron chi connectivity index (χ4n) is 1.87. The maximum atomic E-state index is 11.3. The molecule has 0 radical (unpaired) electrons. The van der Waals surface area contributed by atoms with Crippen LogP contribution in [0.2, 0.25) is 0 Å². The van der Waals surface area contributed by atoms with Crippen LogP contribution in [-0.2, 0) is 9.53 Å². The van der Waals surface area contributed by atoms with Crippen molar-refractivity contribution in [3.63, 3.8) is 0 Å². The van der Waals surface area contributed by atoms with E-state index in [0.29, 0.717) is 6.17 Å². The lowest BCUT2D eigenvalue weighted by Crippen LogP contribution is -2.47. The fourth-order valence-corrected chi connectivity index (χ4v) is 1.87. The molecule has 0 spiro atoms. The smallest absolute Gasteiger partial charge is 0.308 e. The van der Waals surface area contributed by atoms with Crippen molar-refractivity contribution in [2.75, 3.05) is 27.2 Å². The molecule has 1 fully saturated rings. The normalized spacial score (nSPS) is 21.9. The highest BCUT2D eigenvalue weighted by atomic mass is 16.5. The molecule has 82 valence electrons. The number of carbonyl (C=O) groups is 1. The number of hydrogen-bond acceptors (Lipinski definition) is 4. The largest absolute Gasteiger partial charge is 0.469 e. The quantitative estimate of drug-likeness (QED) is 0.671. The van der Waals surface area contributed by atoms with Gasteiger partial charge in [-0.15, -0.1) is 0 Å². The number of carbonyl (C=O) groups excluding carboxylic acids is 1. The van der Waals surface area contributed by atoms with Crippen molar-refractivity contribution in [2.45, 2.75) is 25.9 Å². The topological polar surface area (TPSA) is 41.6 Å². The number of nitrogens with zero attached hydrogens (tertiary/aromatic N) is 1. The molecule has 0 aromatic rings. The maximum Gasteiger partial charge on any atom is 0.308 e. The molecule has 4 nitrogen and oxygen atoms in total. The van der Waals surface area contributed by atoms with E-state index in [0.717, 1.165) is 25.9 Å². The minimum Gasteiger partial charge on any atom is -0.469 e. The van der Waals surface area contributed by atoms with E-state index >= 15 is 0 Å². The summed E-state index contributed by atoms with van der Waals surface area (Å²) in [6.45, 7) is 4.09. The summed E-state index contributed by atoms with van der Waals surface area (Å²) < 4.78 is 4.74. The number of hydrogen-bond donors (Lipinski definition) is 1. The van der Waals surface area contributed by atoms with Gasteiger partial charge in [-0.1, -0.05) is 0 Å². The molecule has 0 aromatic heterocycles. The third-order valence-corrected chi connectivity index (χ3v) is 3.03. The van der Waals surface area contributed by atoms with Crippen molar-refractivity contribution in [3.8, 4) is 0 Å². The first-order valence-corrected chi connectivity index (χ1v) is 5.18. The molecule has 1 heterocycles. The van der Waals surface area contributed by atoms with Crippen molar-refractivity contribution >= 4 is 5.97 Å². The number of ether oxygens (including phenoxy) is 1. The highest BCUT2D eigenvalue weighted by Crippen LogP contribution is 2.19. The molecule has 1 atom stereocenters. The minimum atomic E-state index is -0.0539. The van der Waals surface area contributed by atoms with Crippen LogP contribution in [0.4, 0.5) is 0 Å². The molecule has 0 amide bonds. The van der Waals surface area contributed by atoms with Crippen LogP contribution in [0.1, 0.15) is 19.8 Å². The number of piperidine rings is 1. The van der Waals surface area contributed by atoms with Crippen LogP contribution >= 0.6 is 0 Å². The third-order valence-electron chi connectivity index (χ3n) is 3.03. The number of rotatable bonds is 3. The molecule has 0 bridgehead atoms. The first-order valence-electron chi connectivity index (χ1n) is 5.18. The summed E-state index contributed by atoms with van der Waals surface area (Å²) in [6, 6.07) is 0. The van der Waals surface area contributed by atoms with Gasteiger partial charge in [-0.3, -0.25) is 9.69 Å². The average molecular weight is 200 g/mol. The number of likely N-dealkylation sites (tertiary alicyclic amines) is 1. The summed E-state index contributed by atoms with van der Waals surface area (Å²) in [4.78, 5) is 13.6. The van der Waals surface area contributed by atoms with Crippen molar-refractivity contribution in [3.05, 3.63) is 0 Å². The SMILES string of the molecule is CNC(C)N1CCC(C(=O)OC)CC1. The molecule has 1 saturated heterocycles. The van der Waals surface area contributed by atoms with Crippen LogP contribution < -0.4 is 5.32 Å². The van der Waals surface area contributed by atoms with Gasteiger partial charge in [0, 0.05) is 13.1 Å². The van der Waals surface area contributed by atoms with E-state index in [4.69, 9.17) is 4.74 Å². The van der Waals surface area contributed by atoms with Gasteiger partial charge in [-0.25, -0.2) is 0 Å². The van der Waals surface area contributed by atoms with E-state index in [2.05, 4.69) is 17.1 Å². The summed E-state index contributed by atoms with van der Waals surface area (Å²) in [5, 5.41) is 3.20. The second kappa shape index (κ2) is 5.32. The van der Waals surface area contributed by atoms with Gasteiger partial charge >= 0.3 is 5.97 Å². The fraction of sp³-hybridized carbons (Fsp3) is 0.900. The van der Waals surface area contributed by atoms with Crippen molar-refractivity contribution < 1.29 is 9.53 Å². The zero-order valence-corrected chi connectivity index (χ0v) is 9.25. The molecule has 0 saturated carbocycles. The summed E-state index contributed by atoms with van der Waals surface area (Å²) in [7, 11) is 3.42. The second-order valence-corrected chi connectivity index (χ2v) is 3.80. The predicted octanol–water partition coefficient (Wildman–Crippen LogP) is 0.437. The number of esters is 1. The van der Waals surface area contributed by atoms with Crippen LogP contribution in [0.15, 0.2) is 0 Å². The molecule has 14 heavy (non-hydrogen) atoms. The van der Waals surface area contributed by atoms with Crippen LogP contribution in [-0.4, -0.2) is 44.3 Å². The van der Waals surface area contributed by atoms with Gasteiger partial charge in [-0.2, -0.15) is 0 Å². The van der Waals surface area contributed by atoms with Gasteiger partial charge in [-0.05, 0) is 26.8 Å². The molecule has 4 heteroatoms. The lowest BCUT2D eigenvalue weighted by Gasteiger charge is -2.34. The Bertz CT molecular complexity index is 189. The Kier molecular flexibility index (Phi) is 4.35. The Morgan fingerprint density at radius 1 is 1.50 bits per heavy atom. The van der Waals surface area contributed by atoms with Crippen molar-refractivity contribution in [1.29, 1.82) is 0 Å². The first kappa shape index (κ1) is 11.5. The van der Waals surface area contributed by atoms with Crippen LogP contribution in [0.25, 0.3) is 0 Å². The van der Waals surface area contributed by atoms with E-state index < -0.39 is 0 Å². The monoisotopic (exact) mass is 200 g/mol. The molecule has 1 rings (SSSR count). The van der Waals surface area contributed by atoms with Gasteiger partial charge in [0.1, 0.15) is 0 Å². The lowest BCUT2D eigenvalue weighted by atomic mass is 9.97. The van der Waals surface area contributed by atoms with Crippen molar-refractivity contribution in [1.82, 2.24) is 10.2 Å². The Balaban J connectivity index is 2.34. The Morgan fingerprint density at radius 2 is 2.07 bits per heavy atom. The standard InChI is InChI=1S/C10H20N2O2/c1-8(11-2)12-6-4-9(5-7-12)10(13)14-3/h8-9,11H,4-7H2,1-3H3. The summed E-state index contributed by atoms with van der Waals surface area (Å²) in [5.41, 5.74) is 0. The second-order valence-electron chi connectivity index (χ2n) is 3.80. The molecule has 0 aliphatic carbocycles. The Labute approximate surface area is 85.6 Å². The van der Waals surface area contributed by atoms with Gasteiger partial charge < -0.3 is 10.1 Å². The van der Waals surface area contributed by atoms with E-state index in [-0.39, 0.29) is 11.9 Å². The Hall–Kier alpha value is -0.610. The van der Waals surface area contributed by atoms with E-state index in [1.165, 1.54) is 7.11 Å². The molecule has 1 aliphatic heterocycles. The first-order chi connectivity index (χ1) is 6.69. The number of methoxy groups -OCH3 is 1. The van der Waals surface area contributed by atoms with Gasteiger partial charge in [0.25, 0.3) is 0 Å². The van der Waals surface area contributed by atoms with Crippen LogP contribution in [0, 0.1) is 5.92 Å². The molecular weight excluding hydrogens is 180 g/mol. The van der Waals surface area contributed by atoms with Gasteiger partial charge in [0.05, 0.1) is 19.2 Å². The maximum absolute atomic E-state index is 11.3. The predicted molar refractivity (Wildman–Crippen MR) is 54.8 cm³/mol. The highest BCUT2D eigenvalue weighted by molar-refractivity contribution is 5.72. The molecule has 1 N–H and O–H groups in total. The third kappa shape index (κ3) is 2.69. The molecule has 1 aliphatic rings. The summed E-state index contributed by atoms with van der Waals surface area (Å²) >= 11 is 0. The molecule has 0 aromatic carbocycles. The van der Waals surface area contributed by atoms with E-state index in [1.54, 1.807) is 0 Å². The molecule has 1 unspecified atom stereocenters. The van der Waals surface area contributed by atoms with Crippen molar-refractivity contribution in [2.24, 2.45) is 5.92 Å². The summed E-state index contributed by atoms with van der Waals surface area (Å²) in [5.74, 6) is 0.0575. The van der Waals surface area contributed by atoms with Gasteiger partial charge in [0.2, 0.25) is 0 Å². The number of nitrogens with one attached hydrogen (secondary N) is 1. The van der Waals surface area contributed by atoms with E-state index in [9.17, 15) is 4.79 Å². The average Bonchev–Trinajstić information content (AvgIpc) is 2.27. The van der Waals surface area contributed by atoms with Crippen LogP contribution in [0.5, 0.6) is 0 Å². The Morgan fingerprint density at radius 3 is 2.50 bits per heavy atom. The highest BCUT2D eigenvalue weighted by Gasteiger charge is 2.26. The van der Waals surface area contributed by atoms with Crippen LogP contribution in [0.3, 0.4) is 0 Å². The minimum absolute atomic E-state index is 0.0539.